The molecule has 0 bridgehead atoms. The Morgan fingerprint density at radius 1 is 1.33 bits per heavy atom. The molecule has 0 radical (unpaired) electrons. The number of aliphatic carboxylic acids is 1. The summed E-state index contributed by atoms with van der Waals surface area (Å²) in [6, 6.07) is 6.17. The van der Waals surface area contributed by atoms with Gasteiger partial charge < -0.3 is 10.4 Å². The minimum Gasteiger partial charge on any atom is -0.480 e. The highest BCUT2D eigenvalue weighted by atomic mass is 16.4. The standard InChI is InChI=1S/C10H9NO4/c12-6-7-3-1-2-4-8(7)10(15)11-5-9(13)14/h1-4,6H,5H2,(H,11,15)(H,13,14). The lowest BCUT2D eigenvalue weighted by molar-refractivity contribution is -0.135. The second-order valence-electron chi connectivity index (χ2n) is 2.78. The van der Waals surface area contributed by atoms with Crippen molar-refractivity contribution in [2.45, 2.75) is 0 Å². The molecule has 1 aromatic rings. The maximum atomic E-state index is 11.4. The molecule has 0 spiro atoms. The Morgan fingerprint density at radius 2 is 2.00 bits per heavy atom. The first-order chi connectivity index (χ1) is 7.15. The molecule has 0 fully saturated rings. The number of hydrogen-bond donors (Lipinski definition) is 2. The number of hydrogen-bond acceptors (Lipinski definition) is 3. The van der Waals surface area contributed by atoms with E-state index in [1.54, 1.807) is 12.1 Å². The minimum atomic E-state index is -1.13. The van der Waals surface area contributed by atoms with E-state index in [9.17, 15) is 14.4 Å². The van der Waals surface area contributed by atoms with Crippen molar-refractivity contribution in [3.8, 4) is 0 Å². The van der Waals surface area contributed by atoms with Gasteiger partial charge in [0.25, 0.3) is 5.91 Å². The van der Waals surface area contributed by atoms with Crippen molar-refractivity contribution >= 4 is 18.2 Å². The molecule has 0 aliphatic rings. The first kappa shape index (κ1) is 10.9. The third-order valence-electron chi connectivity index (χ3n) is 1.73. The number of carboxylic acid groups (broad SMARTS) is 1. The van der Waals surface area contributed by atoms with Crippen LogP contribution in [0.3, 0.4) is 0 Å². The fourth-order valence-electron chi connectivity index (χ4n) is 1.06. The van der Waals surface area contributed by atoms with E-state index in [4.69, 9.17) is 5.11 Å². The van der Waals surface area contributed by atoms with Crippen LogP contribution in [-0.2, 0) is 4.79 Å². The van der Waals surface area contributed by atoms with Crippen LogP contribution in [0.1, 0.15) is 20.7 Å². The monoisotopic (exact) mass is 207 g/mol. The summed E-state index contributed by atoms with van der Waals surface area (Å²) in [7, 11) is 0. The summed E-state index contributed by atoms with van der Waals surface area (Å²) in [6.45, 7) is -0.466. The largest absolute Gasteiger partial charge is 0.480 e. The van der Waals surface area contributed by atoms with Gasteiger partial charge in [-0.25, -0.2) is 0 Å². The molecule has 0 unspecified atom stereocenters. The van der Waals surface area contributed by atoms with E-state index in [0.717, 1.165) is 0 Å². The minimum absolute atomic E-state index is 0.175. The van der Waals surface area contributed by atoms with Crippen LogP contribution in [0.25, 0.3) is 0 Å². The Morgan fingerprint density at radius 3 is 2.60 bits per heavy atom. The van der Waals surface area contributed by atoms with Crippen LogP contribution in [0.2, 0.25) is 0 Å². The van der Waals surface area contributed by atoms with Gasteiger partial charge in [-0.15, -0.1) is 0 Å². The van der Waals surface area contributed by atoms with Gasteiger partial charge in [-0.2, -0.15) is 0 Å². The third kappa shape index (κ3) is 2.91. The molecule has 0 aliphatic carbocycles. The van der Waals surface area contributed by atoms with E-state index >= 15 is 0 Å². The number of carboxylic acids is 1. The third-order valence-corrected chi connectivity index (χ3v) is 1.73. The van der Waals surface area contributed by atoms with Crippen LogP contribution in [0.5, 0.6) is 0 Å². The predicted octanol–water partition coefficient (Wildman–Crippen LogP) is 0.314. The molecule has 2 N–H and O–H groups in total. The van der Waals surface area contributed by atoms with Crippen molar-refractivity contribution in [2.75, 3.05) is 6.54 Å². The van der Waals surface area contributed by atoms with Crippen LogP contribution in [0.4, 0.5) is 0 Å². The number of carbonyl (C=O) groups is 3. The van der Waals surface area contributed by atoms with Crippen LogP contribution in [-0.4, -0.2) is 29.8 Å². The van der Waals surface area contributed by atoms with Crippen molar-refractivity contribution in [3.63, 3.8) is 0 Å². The van der Waals surface area contributed by atoms with Crippen LogP contribution in [0.15, 0.2) is 24.3 Å². The summed E-state index contributed by atoms with van der Waals surface area (Å²) in [5.74, 6) is -1.70. The normalized spacial score (nSPS) is 9.33. The highest BCUT2D eigenvalue weighted by Crippen LogP contribution is 2.05. The SMILES string of the molecule is O=Cc1ccccc1C(=O)NCC(=O)O. The molecule has 0 aromatic heterocycles. The van der Waals surface area contributed by atoms with Crippen molar-refractivity contribution in [1.29, 1.82) is 0 Å². The summed E-state index contributed by atoms with van der Waals surface area (Å²) in [4.78, 5) is 32.2. The molecule has 0 atom stereocenters. The van der Waals surface area contributed by atoms with Gasteiger partial charge in [-0.05, 0) is 6.07 Å². The van der Waals surface area contributed by atoms with Crippen LogP contribution in [0, 0.1) is 0 Å². The fourth-order valence-corrected chi connectivity index (χ4v) is 1.06. The average Bonchev–Trinajstić information content (AvgIpc) is 2.25. The first-order valence-corrected chi connectivity index (χ1v) is 4.19. The van der Waals surface area contributed by atoms with Gasteiger partial charge in [-0.1, -0.05) is 18.2 Å². The van der Waals surface area contributed by atoms with E-state index in [-0.39, 0.29) is 11.1 Å². The molecule has 5 heteroatoms. The second-order valence-corrected chi connectivity index (χ2v) is 2.78. The molecular weight excluding hydrogens is 198 g/mol. The highest BCUT2D eigenvalue weighted by molar-refractivity contribution is 6.02. The zero-order chi connectivity index (χ0) is 11.3. The molecule has 0 aliphatic heterocycles. The number of aldehydes is 1. The number of amides is 1. The molecule has 1 aromatic carbocycles. The van der Waals surface area contributed by atoms with E-state index in [1.165, 1.54) is 12.1 Å². The van der Waals surface area contributed by atoms with Gasteiger partial charge in [0.15, 0.2) is 6.29 Å². The Balaban J connectivity index is 2.81. The number of benzene rings is 1. The average molecular weight is 207 g/mol. The smallest absolute Gasteiger partial charge is 0.322 e. The van der Waals surface area contributed by atoms with E-state index in [2.05, 4.69) is 5.32 Å². The molecule has 0 saturated heterocycles. The summed E-state index contributed by atoms with van der Waals surface area (Å²) >= 11 is 0. The highest BCUT2D eigenvalue weighted by Gasteiger charge is 2.10. The van der Waals surface area contributed by atoms with E-state index in [1.807, 2.05) is 0 Å². The van der Waals surface area contributed by atoms with Crippen molar-refractivity contribution in [1.82, 2.24) is 5.32 Å². The molecule has 1 rings (SSSR count). The molecule has 78 valence electrons. The molecule has 15 heavy (non-hydrogen) atoms. The van der Waals surface area contributed by atoms with Gasteiger partial charge in [-0.3, -0.25) is 14.4 Å². The Kier molecular flexibility index (Phi) is 3.56. The van der Waals surface area contributed by atoms with Crippen molar-refractivity contribution < 1.29 is 19.5 Å². The molecule has 1 amide bonds. The summed E-state index contributed by atoms with van der Waals surface area (Å²) in [6.07, 6.45) is 0.551. The molecular formula is C10H9NO4. The van der Waals surface area contributed by atoms with Crippen LogP contribution >= 0.6 is 0 Å². The summed E-state index contributed by atoms with van der Waals surface area (Å²) in [5.41, 5.74) is 0.411. The van der Waals surface area contributed by atoms with Gasteiger partial charge >= 0.3 is 5.97 Å². The molecule has 5 nitrogen and oxygen atoms in total. The first-order valence-electron chi connectivity index (χ1n) is 4.19. The zero-order valence-corrected chi connectivity index (χ0v) is 7.77. The predicted molar refractivity (Wildman–Crippen MR) is 51.8 cm³/mol. The Hall–Kier alpha value is -2.17. The maximum Gasteiger partial charge on any atom is 0.322 e. The number of rotatable bonds is 4. The van der Waals surface area contributed by atoms with Gasteiger partial charge in [0.2, 0.25) is 0 Å². The van der Waals surface area contributed by atoms with E-state index < -0.39 is 18.4 Å². The lowest BCUT2D eigenvalue weighted by atomic mass is 10.1. The van der Waals surface area contributed by atoms with Crippen molar-refractivity contribution in [3.05, 3.63) is 35.4 Å². The Labute approximate surface area is 85.7 Å². The van der Waals surface area contributed by atoms with Crippen LogP contribution < -0.4 is 5.32 Å². The second kappa shape index (κ2) is 4.90. The molecule has 0 heterocycles. The van der Waals surface area contributed by atoms with Gasteiger partial charge in [0, 0.05) is 11.1 Å². The summed E-state index contributed by atoms with van der Waals surface area (Å²) in [5, 5.41) is 10.5. The van der Waals surface area contributed by atoms with E-state index in [0.29, 0.717) is 6.29 Å². The topological polar surface area (TPSA) is 83.5 Å². The number of carbonyl (C=O) groups excluding carboxylic acids is 2. The zero-order valence-electron chi connectivity index (χ0n) is 7.77. The Bertz CT molecular complexity index is 400. The molecule has 0 saturated carbocycles. The summed E-state index contributed by atoms with van der Waals surface area (Å²) < 4.78 is 0. The fraction of sp³-hybridized carbons (Fsp3) is 0.100. The quantitative estimate of drug-likeness (QED) is 0.696. The maximum absolute atomic E-state index is 11.4. The van der Waals surface area contributed by atoms with Gasteiger partial charge in [0.05, 0.1) is 0 Å². The van der Waals surface area contributed by atoms with Gasteiger partial charge in [0.1, 0.15) is 6.54 Å². The lowest BCUT2D eigenvalue weighted by Crippen LogP contribution is -2.29. The number of nitrogens with one attached hydrogen (secondary N) is 1. The van der Waals surface area contributed by atoms with Crippen molar-refractivity contribution in [2.24, 2.45) is 0 Å². The lowest BCUT2D eigenvalue weighted by Gasteiger charge is -2.03.